The molecule has 4 heteroatoms. The molecule has 1 heterocycles. The molecule has 0 bridgehead atoms. The molecular formula is C9H18N2O2. The molecule has 0 aromatic carbocycles. The van der Waals surface area contributed by atoms with Gasteiger partial charge < -0.3 is 9.94 Å². The standard InChI is InChI=1S/C9H18N2O2/c1-4-9(3)8(6-7-13-9)10-11(12)5-2/h8H,4-7H2,1-3H3. The number of nitrogens with zero attached hydrogens (tertiary/aromatic N) is 2. The van der Waals surface area contributed by atoms with Crippen LogP contribution in [0.4, 0.5) is 0 Å². The summed E-state index contributed by atoms with van der Waals surface area (Å²) in [4.78, 5) is 0.757. The molecule has 0 radical (unpaired) electrons. The van der Waals surface area contributed by atoms with Gasteiger partial charge in [-0.1, -0.05) is 11.8 Å². The van der Waals surface area contributed by atoms with Gasteiger partial charge in [0.15, 0.2) is 6.54 Å². The summed E-state index contributed by atoms with van der Waals surface area (Å²) < 4.78 is 5.59. The number of hydrogen-bond acceptors (Lipinski definition) is 3. The molecule has 0 spiro atoms. The predicted octanol–water partition coefficient (Wildman–Crippen LogP) is 1.93. The summed E-state index contributed by atoms with van der Waals surface area (Å²) >= 11 is 0. The fourth-order valence-corrected chi connectivity index (χ4v) is 1.56. The van der Waals surface area contributed by atoms with Crippen LogP contribution in [-0.4, -0.2) is 29.7 Å². The second kappa shape index (κ2) is 4.05. The van der Waals surface area contributed by atoms with E-state index in [-0.39, 0.29) is 11.6 Å². The van der Waals surface area contributed by atoms with Gasteiger partial charge in [0.2, 0.25) is 0 Å². The van der Waals surface area contributed by atoms with E-state index in [1.54, 1.807) is 6.92 Å². The van der Waals surface area contributed by atoms with Crippen molar-refractivity contribution in [2.24, 2.45) is 5.11 Å². The van der Waals surface area contributed by atoms with Crippen LogP contribution in [0.2, 0.25) is 0 Å². The molecule has 0 saturated carbocycles. The van der Waals surface area contributed by atoms with E-state index >= 15 is 0 Å². The van der Waals surface area contributed by atoms with Gasteiger partial charge in [-0.2, -0.15) is 0 Å². The molecule has 2 unspecified atom stereocenters. The van der Waals surface area contributed by atoms with E-state index < -0.39 is 0 Å². The van der Waals surface area contributed by atoms with Crippen LogP contribution in [0, 0.1) is 5.21 Å². The molecule has 0 aromatic heterocycles. The molecule has 1 saturated heterocycles. The normalized spacial score (nSPS) is 35.3. The molecule has 76 valence electrons. The lowest BCUT2D eigenvalue weighted by Crippen LogP contribution is -2.34. The summed E-state index contributed by atoms with van der Waals surface area (Å²) in [6, 6.07) is 0.0370. The first kappa shape index (κ1) is 10.4. The van der Waals surface area contributed by atoms with E-state index in [4.69, 9.17) is 4.74 Å². The lowest BCUT2D eigenvalue weighted by Gasteiger charge is -2.24. The van der Waals surface area contributed by atoms with Crippen molar-refractivity contribution >= 4 is 0 Å². The quantitative estimate of drug-likeness (QED) is 0.384. The minimum atomic E-state index is -0.224. The second-order valence-corrected chi connectivity index (χ2v) is 3.60. The molecule has 0 aliphatic carbocycles. The molecule has 2 atom stereocenters. The zero-order valence-electron chi connectivity index (χ0n) is 8.62. The predicted molar refractivity (Wildman–Crippen MR) is 49.6 cm³/mol. The third-order valence-electron chi connectivity index (χ3n) is 2.77. The number of hydrogen-bond donors (Lipinski definition) is 0. The Labute approximate surface area is 79.2 Å². The van der Waals surface area contributed by atoms with Crippen LogP contribution < -0.4 is 0 Å². The molecular weight excluding hydrogens is 168 g/mol. The SMILES string of the molecule is CC[N+]([O-])=NC1CCOC1(C)CC. The van der Waals surface area contributed by atoms with Gasteiger partial charge in [0.1, 0.15) is 6.04 Å². The van der Waals surface area contributed by atoms with Crippen molar-refractivity contribution in [2.45, 2.75) is 45.3 Å². The molecule has 0 amide bonds. The summed E-state index contributed by atoms with van der Waals surface area (Å²) in [7, 11) is 0. The zero-order valence-corrected chi connectivity index (χ0v) is 8.62. The Morgan fingerprint density at radius 2 is 2.31 bits per heavy atom. The van der Waals surface area contributed by atoms with Gasteiger partial charge in [0, 0.05) is 13.0 Å². The molecule has 1 fully saturated rings. The van der Waals surface area contributed by atoms with Gasteiger partial charge in [-0.05, 0) is 25.4 Å². The minimum Gasteiger partial charge on any atom is -0.600 e. The van der Waals surface area contributed by atoms with Crippen LogP contribution in [0.3, 0.4) is 0 Å². The number of hydroxylamine groups is 1. The summed E-state index contributed by atoms with van der Waals surface area (Å²) in [5.74, 6) is 0. The highest BCUT2D eigenvalue weighted by atomic mass is 16.5. The van der Waals surface area contributed by atoms with Crippen LogP contribution >= 0.6 is 0 Å². The van der Waals surface area contributed by atoms with Crippen LogP contribution in [-0.2, 0) is 4.74 Å². The summed E-state index contributed by atoms with van der Waals surface area (Å²) in [6.07, 6.45) is 1.77. The highest BCUT2D eigenvalue weighted by Gasteiger charge is 2.41. The van der Waals surface area contributed by atoms with Crippen molar-refractivity contribution in [3.63, 3.8) is 0 Å². The first-order valence-electron chi connectivity index (χ1n) is 4.91. The first-order chi connectivity index (χ1) is 6.12. The van der Waals surface area contributed by atoms with E-state index in [1.807, 2.05) is 6.92 Å². The monoisotopic (exact) mass is 186 g/mol. The molecule has 1 rings (SSSR count). The molecule has 0 aromatic rings. The largest absolute Gasteiger partial charge is 0.600 e. The molecule has 1 aliphatic heterocycles. The van der Waals surface area contributed by atoms with Gasteiger partial charge in [0.05, 0.1) is 5.60 Å². The fourth-order valence-electron chi connectivity index (χ4n) is 1.56. The average molecular weight is 186 g/mol. The Balaban J connectivity index is 2.69. The van der Waals surface area contributed by atoms with Crippen molar-refractivity contribution in [3.05, 3.63) is 5.21 Å². The van der Waals surface area contributed by atoms with Gasteiger partial charge in [-0.25, -0.2) is 0 Å². The smallest absolute Gasteiger partial charge is 0.177 e. The van der Waals surface area contributed by atoms with Crippen molar-refractivity contribution in [2.75, 3.05) is 13.2 Å². The zero-order chi connectivity index (χ0) is 9.90. The summed E-state index contributed by atoms with van der Waals surface area (Å²) in [5.41, 5.74) is -0.224. The number of rotatable bonds is 3. The van der Waals surface area contributed by atoms with Gasteiger partial charge >= 0.3 is 0 Å². The number of ether oxygens (including phenoxy) is 1. The second-order valence-electron chi connectivity index (χ2n) is 3.60. The highest BCUT2D eigenvalue weighted by molar-refractivity contribution is 4.91. The van der Waals surface area contributed by atoms with E-state index in [0.29, 0.717) is 6.54 Å². The highest BCUT2D eigenvalue weighted by Crippen LogP contribution is 2.31. The van der Waals surface area contributed by atoms with Crippen LogP contribution in [0.1, 0.15) is 33.6 Å². The maximum absolute atomic E-state index is 11.1. The van der Waals surface area contributed by atoms with E-state index in [9.17, 15) is 5.21 Å². The molecule has 4 nitrogen and oxygen atoms in total. The topological polar surface area (TPSA) is 47.7 Å². The first-order valence-corrected chi connectivity index (χ1v) is 4.91. The Hall–Kier alpha value is -0.640. The van der Waals surface area contributed by atoms with Crippen LogP contribution in [0.15, 0.2) is 5.11 Å². The third-order valence-corrected chi connectivity index (χ3v) is 2.77. The van der Waals surface area contributed by atoms with E-state index in [1.165, 1.54) is 0 Å². The Kier molecular flexibility index (Phi) is 3.25. The number of azo groups is 1. The minimum absolute atomic E-state index is 0.0370. The van der Waals surface area contributed by atoms with Gasteiger partial charge in [0.25, 0.3) is 0 Å². The maximum Gasteiger partial charge on any atom is 0.177 e. The van der Waals surface area contributed by atoms with Crippen molar-refractivity contribution < 1.29 is 9.60 Å². The van der Waals surface area contributed by atoms with Gasteiger partial charge in [-0.15, -0.1) is 0 Å². The van der Waals surface area contributed by atoms with Crippen LogP contribution in [0.25, 0.3) is 0 Å². The third kappa shape index (κ3) is 2.18. The molecule has 1 aliphatic rings. The lowest BCUT2D eigenvalue weighted by molar-refractivity contribution is -0.530. The lowest BCUT2D eigenvalue weighted by atomic mass is 9.95. The Bertz CT molecular complexity index is 206. The van der Waals surface area contributed by atoms with Crippen molar-refractivity contribution in [1.29, 1.82) is 0 Å². The average Bonchev–Trinajstić information content (AvgIpc) is 2.49. The summed E-state index contributed by atoms with van der Waals surface area (Å²) in [6.45, 7) is 7.02. The fraction of sp³-hybridized carbons (Fsp3) is 1.00. The molecule has 0 N–H and O–H groups in total. The van der Waals surface area contributed by atoms with E-state index in [0.717, 1.165) is 24.3 Å². The van der Waals surface area contributed by atoms with Gasteiger partial charge in [-0.3, -0.25) is 0 Å². The Morgan fingerprint density at radius 3 is 2.85 bits per heavy atom. The maximum atomic E-state index is 11.1. The van der Waals surface area contributed by atoms with E-state index in [2.05, 4.69) is 12.0 Å². The van der Waals surface area contributed by atoms with Crippen molar-refractivity contribution in [3.8, 4) is 0 Å². The Morgan fingerprint density at radius 1 is 1.62 bits per heavy atom. The van der Waals surface area contributed by atoms with Crippen LogP contribution in [0.5, 0.6) is 0 Å². The summed E-state index contributed by atoms with van der Waals surface area (Å²) in [5, 5.41) is 15.1. The molecule has 13 heavy (non-hydrogen) atoms. The van der Waals surface area contributed by atoms with Crippen molar-refractivity contribution in [1.82, 2.24) is 0 Å².